The zero-order chi connectivity index (χ0) is 38.0. The largest absolute Gasteiger partial charge is 0.432 e. The van der Waals surface area contributed by atoms with Crippen molar-refractivity contribution in [2.45, 2.75) is 76.5 Å². The molecule has 0 amide bonds. The molecular formula is C39H32F12O. The van der Waals surface area contributed by atoms with Crippen molar-refractivity contribution in [2.24, 2.45) is 5.92 Å². The molecule has 0 unspecified atom stereocenters. The third kappa shape index (κ3) is 8.95. The summed E-state index contributed by atoms with van der Waals surface area (Å²) in [6, 6.07) is 7.61. The minimum Gasteiger partial charge on any atom is -0.429 e. The lowest BCUT2D eigenvalue weighted by Crippen LogP contribution is -2.25. The van der Waals surface area contributed by atoms with E-state index in [9.17, 15) is 30.7 Å². The molecule has 4 aromatic rings. The summed E-state index contributed by atoms with van der Waals surface area (Å²) >= 11 is 0. The molecule has 1 aliphatic rings. The molecule has 0 aliphatic heterocycles. The number of benzene rings is 4. The van der Waals surface area contributed by atoms with Gasteiger partial charge in [-0.3, -0.25) is 0 Å². The molecule has 0 spiro atoms. The van der Waals surface area contributed by atoms with Gasteiger partial charge in [-0.05, 0) is 96.7 Å². The predicted molar refractivity (Wildman–Crippen MR) is 172 cm³/mol. The van der Waals surface area contributed by atoms with Crippen molar-refractivity contribution >= 4 is 5.83 Å². The van der Waals surface area contributed by atoms with E-state index in [1.54, 1.807) is 6.07 Å². The van der Waals surface area contributed by atoms with E-state index in [0.29, 0.717) is 48.4 Å². The number of halogens is 12. The highest BCUT2D eigenvalue weighted by molar-refractivity contribution is 5.70. The van der Waals surface area contributed by atoms with Crippen LogP contribution in [0.1, 0.15) is 80.9 Å². The van der Waals surface area contributed by atoms with Crippen LogP contribution in [0, 0.1) is 40.8 Å². The molecule has 4 aromatic carbocycles. The van der Waals surface area contributed by atoms with Crippen LogP contribution in [-0.4, -0.2) is 6.18 Å². The van der Waals surface area contributed by atoms with Crippen LogP contribution in [0.15, 0.2) is 66.7 Å². The van der Waals surface area contributed by atoms with Crippen molar-refractivity contribution in [3.63, 3.8) is 0 Å². The minimum atomic E-state index is -5.24. The van der Waals surface area contributed by atoms with Gasteiger partial charge in [-0.1, -0.05) is 44.7 Å². The van der Waals surface area contributed by atoms with E-state index in [0.717, 1.165) is 44.1 Å². The quantitative estimate of drug-likeness (QED) is 0.110. The van der Waals surface area contributed by atoms with E-state index in [1.165, 1.54) is 25.0 Å². The SMILES string of the molecule is CCCCCC1CCC(c2ccc(-c3cc(F)c(C(F)(F)Oc4ccc(-c5cc(F)c(C(F)=CC(F)(F)F)c(F)c5)c(F)c4)c(F)c3)c(F)c2)CC1. The van der Waals surface area contributed by atoms with Gasteiger partial charge < -0.3 is 4.74 Å². The maximum Gasteiger partial charge on any atom is 0.432 e. The maximum atomic E-state index is 15.3. The van der Waals surface area contributed by atoms with Gasteiger partial charge in [-0.25, -0.2) is 30.7 Å². The molecule has 1 fully saturated rings. The number of hydrogen-bond donors (Lipinski definition) is 0. The molecule has 0 saturated heterocycles. The van der Waals surface area contributed by atoms with Crippen LogP contribution >= 0.6 is 0 Å². The molecule has 1 saturated carbocycles. The van der Waals surface area contributed by atoms with Gasteiger partial charge in [0.1, 0.15) is 52.0 Å². The van der Waals surface area contributed by atoms with Crippen LogP contribution in [0.25, 0.3) is 28.1 Å². The number of hydrogen-bond acceptors (Lipinski definition) is 1. The van der Waals surface area contributed by atoms with Crippen LogP contribution in [0.3, 0.4) is 0 Å². The molecule has 0 heterocycles. The Morgan fingerprint density at radius 1 is 0.673 bits per heavy atom. The molecule has 0 radical (unpaired) electrons. The van der Waals surface area contributed by atoms with Crippen LogP contribution in [-0.2, 0) is 6.11 Å². The summed E-state index contributed by atoms with van der Waals surface area (Å²) in [5, 5.41) is 0. The molecule has 1 nitrogen and oxygen atoms in total. The second kappa shape index (κ2) is 15.7. The van der Waals surface area contributed by atoms with Crippen LogP contribution in [0.2, 0.25) is 0 Å². The Bertz CT molecular complexity index is 1890. The fourth-order valence-corrected chi connectivity index (χ4v) is 6.66. The monoisotopic (exact) mass is 744 g/mol. The van der Waals surface area contributed by atoms with Gasteiger partial charge in [0, 0.05) is 17.2 Å². The standard InChI is InChI=1S/C39H32F12O/c1-2-3-4-5-21-6-8-22(9-7-21)23-10-12-27(29(40)14-23)25-17-33(44)37(34(45)18-25)39(50,51)52-26-11-13-28(30(41)19-26)24-15-31(42)36(32(43)16-24)35(46)20-38(47,48)49/h10-22H,2-9H2,1H3. The molecule has 52 heavy (non-hydrogen) atoms. The summed E-state index contributed by atoms with van der Waals surface area (Å²) < 4.78 is 175. The second-order valence-electron chi connectivity index (χ2n) is 12.9. The third-order valence-corrected chi connectivity index (χ3v) is 9.24. The zero-order valence-corrected chi connectivity index (χ0v) is 27.6. The Morgan fingerprint density at radius 2 is 1.21 bits per heavy atom. The zero-order valence-electron chi connectivity index (χ0n) is 27.6. The van der Waals surface area contributed by atoms with Crippen molar-refractivity contribution in [1.82, 2.24) is 0 Å². The summed E-state index contributed by atoms with van der Waals surface area (Å²) in [5.74, 6) is -12.0. The topological polar surface area (TPSA) is 9.23 Å². The fraction of sp³-hybridized carbons (Fsp3) is 0.333. The lowest BCUT2D eigenvalue weighted by molar-refractivity contribution is -0.189. The summed E-state index contributed by atoms with van der Waals surface area (Å²) in [6.07, 6.45) is -2.48. The number of unbranched alkanes of at least 4 members (excludes halogenated alkanes) is 2. The molecule has 278 valence electrons. The van der Waals surface area contributed by atoms with E-state index in [4.69, 9.17) is 0 Å². The van der Waals surface area contributed by atoms with Crippen molar-refractivity contribution in [1.29, 1.82) is 0 Å². The Balaban J connectivity index is 1.32. The highest BCUT2D eigenvalue weighted by Gasteiger charge is 2.41. The average molecular weight is 745 g/mol. The van der Waals surface area contributed by atoms with E-state index in [1.807, 2.05) is 0 Å². The molecule has 0 aromatic heterocycles. The van der Waals surface area contributed by atoms with E-state index in [-0.39, 0.29) is 17.0 Å². The first kappa shape index (κ1) is 38.8. The lowest BCUT2D eigenvalue weighted by atomic mass is 9.77. The Morgan fingerprint density at radius 3 is 1.73 bits per heavy atom. The smallest absolute Gasteiger partial charge is 0.429 e. The van der Waals surface area contributed by atoms with Crippen molar-refractivity contribution < 1.29 is 57.4 Å². The van der Waals surface area contributed by atoms with Crippen LogP contribution < -0.4 is 4.74 Å². The molecule has 13 heteroatoms. The van der Waals surface area contributed by atoms with E-state index >= 15 is 22.0 Å². The van der Waals surface area contributed by atoms with Gasteiger partial charge in [0.2, 0.25) is 0 Å². The number of ether oxygens (including phenoxy) is 1. The van der Waals surface area contributed by atoms with Crippen molar-refractivity contribution in [3.8, 4) is 28.0 Å². The van der Waals surface area contributed by atoms with Crippen molar-refractivity contribution in [2.75, 3.05) is 0 Å². The van der Waals surface area contributed by atoms with Gasteiger partial charge >= 0.3 is 12.3 Å². The van der Waals surface area contributed by atoms with Crippen molar-refractivity contribution in [3.05, 3.63) is 118 Å². The van der Waals surface area contributed by atoms with Gasteiger partial charge in [0.15, 0.2) is 0 Å². The predicted octanol–water partition coefficient (Wildman–Crippen LogP) is 13.7. The molecule has 0 atom stereocenters. The summed E-state index contributed by atoms with van der Waals surface area (Å²) in [5.41, 5.74) is -4.67. The summed E-state index contributed by atoms with van der Waals surface area (Å²) in [6.45, 7) is 2.15. The summed E-state index contributed by atoms with van der Waals surface area (Å²) in [7, 11) is 0. The molecule has 0 N–H and O–H groups in total. The maximum absolute atomic E-state index is 15.3. The molecular weight excluding hydrogens is 712 g/mol. The fourth-order valence-electron chi connectivity index (χ4n) is 6.66. The lowest BCUT2D eigenvalue weighted by Gasteiger charge is -2.29. The second-order valence-corrected chi connectivity index (χ2v) is 12.9. The molecule has 0 bridgehead atoms. The first-order valence-corrected chi connectivity index (χ1v) is 16.6. The Kier molecular flexibility index (Phi) is 11.7. The van der Waals surface area contributed by atoms with Gasteiger partial charge in [-0.2, -0.15) is 22.0 Å². The number of alkyl halides is 5. The van der Waals surface area contributed by atoms with Crippen LogP contribution in [0.5, 0.6) is 5.75 Å². The van der Waals surface area contributed by atoms with Gasteiger partial charge in [0.05, 0.1) is 11.6 Å². The highest BCUT2D eigenvalue weighted by Crippen LogP contribution is 2.41. The van der Waals surface area contributed by atoms with E-state index in [2.05, 4.69) is 11.7 Å². The first-order valence-electron chi connectivity index (χ1n) is 16.6. The highest BCUT2D eigenvalue weighted by atomic mass is 19.4. The van der Waals surface area contributed by atoms with Crippen LogP contribution in [0.4, 0.5) is 52.7 Å². The normalized spacial score (nSPS) is 17.1. The van der Waals surface area contributed by atoms with Gasteiger partial charge in [0.25, 0.3) is 0 Å². The third-order valence-electron chi connectivity index (χ3n) is 9.24. The number of allylic oxidation sites excluding steroid dienone is 1. The summed E-state index contributed by atoms with van der Waals surface area (Å²) in [4.78, 5) is 0. The number of rotatable bonds is 11. The average Bonchev–Trinajstić information content (AvgIpc) is 3.03. The van der Waals surface area contributed by atoms with Gasteiger partial charge in [-0.15, -0.1) is 0 Å². The molecule has 5 rings (SSSR count). The first-order chi connectivity index (χ1) is 24.5. The Hall–Kier alpha value is -4.42. The van der Waals surface area contributed by atoms with E-state index < -0.39 is 87.1 Å². The minimum absolute atomic E-state index is 0.123. The molecule has 1 aliphatic carbocycles. The Labute approximate surface area is 291 Å².